The predicted molar refractivity (Wildman–Crippen MR) is 162 cm³/mol. The quantitative estimate of drug-likeness (QED) is 0.0867. The predicted octanol–water partition coefficient (Wildman–Crippen LogP) is 10.4. The second-order valence-corrected chi connectivity index (χ2v) is 12.3. The van der Waals surface area contributed by atoms with E-state index in [-0.39, 0.29) is 5.75 Å². The monoisotopic (exact) mass is 539 g/mol. The topological polar surface area (TPSA) is 56.3 Å². The normalized spacial score (nSPS) is 11.3. The summed E-state index contributed by atoms with van der Waals surface area (Å²) in [4.78, 5) is 3.78. The van der Waals surface area contributed by atoms with Crippen LogP contribution in [0.15, 0.2) is 30.6 Å². The summed E-state index contributed by atoms with van der Waals surface area (Å²) in [5.41, 5.74) is 0. The first-order valence-electron chi connectivity index (χ1n) is 15.8. The Hall–Kier alpha value is -0.940. The van der Waals surface area contributed by atoms with Crippen LogP contribution in [0.1, 0.15) is 162 Å². The molecule has 218 valence electrons. The number of hydrogen-bond donors (Lipinski definition) is 0. The smallest absolute Gasteiger partial charge is 0.267 e. The number of nitrogens with zero attached hydrogens (tertiary/aromatic N) is 1. The molecule has 0 aliphatic heterocycles. The molecule has 0 radical (unpaired) electrons. The zero-order valence-electron chi connectivity index (χ0n) is 24.6. The van der Waals surface area contributed by atoms with E-state index in [0.717, 1.165) is 32.1 Å². The third kappa shape index (κ3) is 31.2. The molecule has 0 saturated heterocycles. The fourth-order valence-electron chi connectivity index (χ4n) is 4.44. The highest BCUT2D eigenvalue weighted by molar-refractivity contribution is 7.86. The molecule has 0 aliphatic rings. The highest BCUT2D eigenvalue weighted by Crippen LogP contribution is 2.14. The Bertz CT molecular complexity index is 610. The maximum absolute atomic E-state index is 11.9. The molecule has 0 bridgehead atoms. The van der Waals surface area contributed by atoms with E-state index in [1.165, 1.54) is 116 Å². The summed E-state index contributed by atoms with van der Waals surface area (Å²) in [6.07, 6.45) is 32.7. The van der Waals surface area contributed by atoms with Crippen molar-refractivity contribution in [3.8, 4) is 0 Å². The molecule has 0 saturated carbocycles. The molecule has 1 rings (SSSR count). The Morgan fingerprint density at radius 1 is 0.486 bits per heavy atom. The zero-order valence-corrected chi connectivity index (χ0v) is 25.5. The Balaban J connectivity index is 0.00000187. The van der Waals surface area contributed by atoms with Crippen molar-refractivity contribution in [1.82, 2.24) is 4.98 Å². The van der Waals surface area contributed by atoms with Gasteiger partial charge in [-0.3, -0.25) is 9.17 Å². The third-order valence-corrected chi connectivity index (χ3v) is 8.14. The molecule has 0 amide bonds. The molecule has 1 aromatic heterocycles. The van der Waals surface area contributed by atoms with Gasteiger partial charge in [0.25, 0.3) is 10.1 Å². The van der Waals surface area contributed by atoms with Crippen molar-refractivity contribution < 1.29 is 12.6 Å². The molecule has 5 heteroatoms. The van der Waals surface area contributed by atoms with E-state index in [1.807, 2.05) is 18.2 Å². The van der Waals surface area contributed by atoms with Gasteiger partial charge in [0.1, 0.15) is 0 Å². The summed E-state index contributed by atoms with van der Waals surface area (Å²) in [5, 5.41) is 0. The van der Waals surface area contributed by atoms with Crippen molar-refractivity contribution in [2.24, 2.45) is 0 Å². The summed E-state index contributed by atoms with van der Waals surface area (Å²) in [6, 6.07) is 5.72. The van der Waals surface area contributed by atoms with E-state index in [9.17, 15) is 8.42 Å². The molecule has 4 nitrogen and oxygen atoms in total. The standard InChI is InChI=1S/C27H56O3S.C5H5N/c1-3-5-7-9-11-12-13-14-15-16-17-18-19-20-22-24-26-30-31(28,29)27-25-23-21-10-8-6-4-2;1-2-4-6-5-3-1/h3-27H2,1-2H3;1-5H. The van der Waals surface area contributed by atoms with Gasteiger partial charge < -0.3 is 0 Å². The van der Waals surface area contributed by atoms with Crippen LogP contribution >= 0.6 is 0 Å². The summed E-state index contributed by atoms with van der Waals surface area (Å²) in [7, 11) is -3.30. The van der Waals surface area contributed by atoms with Crippen molar-refractivity contribution >= 4 is 10.1 Å². The van der Waals surface area contributed by atoms with Crippen LogP contribution in [0.2, 0.25) is 0 Å². The summed E-state index contributed by atoms with van der Waals surface area (Å²) in [6.45, 7) is 4.86. The minimum Gasteiger partial charge on any atom is -0.270 e. The van der Waals surface area contributed by atoms with Crippen LogP contribution in [0.5, 0.6) is 0 Å². The minimum atomic E-state index is -3.30. The number of pyridine rings is 1. The molecule has 0 aromatic carbocycles. The van der Waals surface area contributed by atoms with Gasteiger partial charge in [-0.15, -0.1) is 0 Å². The molecule has 37 heavy (non-hydrogen) atoms. The SMILES string of the molecule is CCCCCCCCCCCCCCCCCCOS(=O)(=O)CCCCCCCCC.c1ccncc1. The Morgan fingerprint density at radius 3 is 1.16 bits per heavy atom. The maximum Gasteiger partial charge on any atom is 0.267 e. The van der Waals surface area contributed by atoms with E-state index < -0.39 is 10.1 Å². The van der Waals surface area contributed by atoms with Crippen molar-refractivity contribution in [3.05, 3.63) is 30.6 Å². The second kappa shape index (κ2) is 29.6. The van der Waals surface area contributed by atoms with Crippen LogP contribution in [-0.2, 0) is 14.3 Å². The molecular formula is C32H61NO3S. The highest BCUT2D eigenvalue weighted by atomic mass is 32.2. The summed E-state index contributed by atoms with van der Waals surface area (Å²) in [5.74, 6) is 0.194. The molecule has 0 N–H and O–H groups in total. The molecule has 1 aromatic rings. The van der Waals surface area contributed by atoms with Crippen molar-refractivity contribution in [2.75, 3.05) is 12.4 Å². The van der Waals surface area contributed by atoms with Crippen LogP contribution in [-0.4, -0.2) is 25.8 Å². The van der Waals surface area contributed by atoms with Gasteiger partial charge in [0.05, 0.1) is 12.4 Å². The van der Waals surface area contributed by atoms with Gasteiger partial charge in [-0.2, -0.15) is 8.42 Å². The van der Waals surface area contributed by atoms with Crippen LogP contribution in [0.4, 0.5) is 0 Å². The molecule has 0 aliphatic carbocycles. The average molecular weight is 540 g/mol. The molecule has 0 fully saturated rings. The fraction of sp³-hybridized carbons (Fsp3) is 0.844. The lowest BCUT2D eigenvalue weighted by atomic mass is 10.0. The average Bonchev–Trinajstić information content (AvgIpc) is 2.91. The summed E-state index contributed by atoms with van der Waals surface area (Å²) >= 11 is 0. The first-order valence-corrected chi connectivity index (χ1v) is 17.4. The van der Waals surface area contributed by atoms with Gasteiger partial charge in [-0.1, -0.05) is 155 Å². The van der Waals surface area contributed by atoms with E-state index >= 15 is 0 Å². The van der Waals surface area contributed by atoms with Gasteiger partial charge >= 0.3 is 0 Å². The first-order chi connectivity index (χ1) is 18.1. The molecule has 1 heterocycles. The van der Waals surface area contributed by atoms with E-state index in [2.05, 4.69) is 18.8 Å². The summed E-state index contributed by atoms with van der Waals surface area (Å²) < 4.78 is 29.0. The number of unbranched alkanes of at least 4 members (excludes halogenated alkanes) is 21. The molecule has 0 unspecified atom stereocenters. The van der Waals surface area contributed by atoms with Crippen molar-refractivity contribution in [3.63, 3.8) is 0 Å². The van der Waals surface area contributed by atoms with Gasteiger partial charge in [0.15, 0.2) is 0 Å². The highest BCUT2D eigenvalue weighted by Gasteiger charge is 2.10. The molecule has 0 spiro atoms. The fourth-order valence-corrected chi connectivity index (χ4v) is 5.49. The largest absolute Gasteiger partial charge is 0.270 e. The van der Waals surface area contributed by atoms with Crippen LogP contribution in [0.25, 0.3) is 0 Å². The Kier molecular flexibility index (Phi) is 28.9. The number of aromatic nitrogens is 1. The minimum absolute atomic E-state index is 0.194. The zero-order chi connectivity index (χ0) is 27.1. The number of rotatable bonds is 26. The van der Waals surface area contributed by atoms with Crippen LogP contribution < -0.4 is 0 Å². The first kappa shape index (κ1) is 36.1. The lowest BCUT2D eigenvalue weighted by Gasteiger charge is -2.06. The number of hydrogen-bond acceptors (Lipinski definition) is 4. The molecular weight excluding hydrogens is 478 g/mol. The van der Waals surface area contributed by atoms with Crippen LogP contribution in [0.3, 0.4) is 0 Å². The van der Waals surface area contributed by atoms with E-state index in [0.29, 0.717) is 6.61 Å². The van der Waals surface area contributed by atoms with Gasteiger partial charge in [0, 0.05) is 12.4 Å². The Morgan fingerprint density at radius 2 is 0.838 bits per heavy atom. The van der Waals surface area contributed by atoms with Gasteiger partial charge in [-0.25, -0.2) is 0 Å². The lowest BCUT2D eigenvalue weighted by molar-refractivity contribution is 0.305. The third-order valence-electron chi connectivity index (χ3n) is 6.83. The maximum atomic E-state index is 11.9. The molecule has 0 atom stereocenters. The van der Waals surface area contributed by atoms with Crippen molar-refractivity contribution in [2.45, 2.75) is 162 Å². The van der Waals surface area contributed by atoms with Crippen molar-refractivity contribution in [1.29, 1.82) is 0 Å². The van der Waals surface area contributed by atoms with Gasteiger partial charge in [0.2, 0.25) is 0 Å². The second-order valence-electron chi connectivity index (χ2n) is 10.5. The van der Waals surface area contributed by atoms with Crippen LogP contribution in [0, 0.1) is 0 Å². The lowest BCUT2D eigenvalue weighted by Crippen LogP contribution is -2.11. The van der Waals surface area contributed by atoms with Gasteiger partial charge in [-0.05, 0) is 25.0 Å². The van der Waals surface area contributed by atoms with E-state index in [1.54, 1.807) is 12.4 Å². The van der Waals surface area contributed by atoms with E-state index in [4.69, 9.17) is 4.18 Å². The Labute approximate surface area is 231 Å².